The summed E-state index contributed by atoms with van der Waals surface area (Å²) >= 11 is 0. The van der Waals surface area contributed by atoms with Gasteiger partial charge in [0, 0.05) is 31.7 Å². The summed E-state index contributed by atoms with van der Waals surface area (Å²) in [6.07, 6.45) is 2.00. The topological polar surface area (TPSA) is 67.5 Å². The maximum Gasteiger partial charge on any atom is 0.254 e. The minimum absolute atomic E-state index is 0.0398. The molecular formula is C22H25N3O3. The number of nitrogens with zero attached hydrogens (tertiary/aromatic N) is 2. The van der Waals surface area contributed by atoms with E-state index in [0.717, 1.165) is 36.2 Å². The second kappa shape index (κ2) is 8.44. The van der Waals surface area contributed by atoms with Crippen LogP contribution in [0.2, 0.25) is 0 Å². The Labute approximate surface area is 164 Å². The van der Waals surface area contributed by atoms with Crippen LogP contribution < -0.4 is 4.74 Å². The lowest BCUT2D eigenvalue weighted by molar-refractivity contribution is 0.0704. The average Bonchev–Trinajstić information content (AvgIpc) is 3.18. The van der Waals surface area contributed by atoms with Crippen molar-refractivity contribution >= 4 is 16.9 Å². The summed E-state index contributed by atoms with van der Waals surface area (Å²) in [6, 6.07) is 15.4. The molecule has 0 saturated carbocycles. The fourth-order valence-electron chi connectivity index (χ4n) is 3.70. The number of amides is 1. The second-order valence-electron chi connectivity index (χ2n) is 7.10. The first-order chi connectivity index (χ1) is 13.7. The van der Waals surface area contributed by atoms with E-state index in [1.165, 1.54) is 0 Å². The zero-order chi connectivity index (χ0) is 19.3. The molecule has 1 atom stereocenters. The van der Waals surface area contributed by atoms with E-state index in [1.807, 2.05) is 53.4 Å². The zero-order valence-electron chi connectivity index (χ0n) is 16.1. The van der Waals surface area contributed by atoms with Crippen molar-refractivity contribution in [2.24, 2.45) is 0 Å². The largest absolute Gasteiger partial charge is 0.491 e. The Kier molecular flexibility index (Phi) is 5.58. The number of ether oxygens (including phenoxy) is 2. The molecule has 28 heavy (non-hydrogen) atoms. The van der Waals surface area contributed by atoms with Crippen molar-refractivity contribution in [1.82, 2.24) is 14.9 Å². The molecular weight excluding hydrogens is 354 g/mol. The molecule has 1 saturated heterocycles. The number of fused-ring (bicyclic) bond motifs is 1. The summed E-state index contributed by atoms with van der Waals surface area (Å²) in [6.45, 7) is 2.42. The molecule has 6 nitrogen and oxygen atoms in total. The van der Waals surface area contributed by atoms with Gasteiger partial charge in [-0.3, -0.25) is 4.79 Å². The maximum atomic E-state index is 13.0. The van der Waals surface area contributed by atoms with Crippen LogP contribution in [-0.4, -0.2) is 54.2 Å². The molecule has 1 N–H and O–H groups in total. The lowest BCUT2D eigenvalue weighted by Crippen LogP contribution is -2.39. The second-order valence-corrected chi connectivity index (χ2v) is 7.10. The minimum atomic E-state index is 0.0398. The third-order valence-electron chi connectivity index (χ3n) is 5.14. The van der Waals surface area contributed by atoms with Gasteiger partial charge >= 0.3 is 0 Å². The van der Waals surface area contributed by atoms with Gasteiger partial charge < -0.3 is 19.4 Å². The lowest BCUT2D eigenvalue weighted by Gasteiger charge is -2.32. The highest BCUT2D eigenvalue weighted by Gasteiger charge is 2.27. The van der Waals surface area contributed by atoms with E-state index < -0.39 is 0 Å². The monoisotopic (exact) mass is 379 g/mol. The molecule has 2 heterocycles. The van der Waals surface area contributed by atoms with Crippen LogP contribution in [0.4, 0.5) is 0 Å². The summed E-state index contributed by atoms with van der Waals surface area (Å²) < 4.78 is 10.6. The van der Waals surface area contributed by atoms with E-state index in [2.05, 4.69) is 4.98 Å². The number of aromatic amines is 1. The molecule has 1 aromatic heterocycles. The average molecular weight is 379 g/mol. The Morgan fingerprint density at radius 1 is 1.21 bits per heavy atom. The summed E-state index contributed by atoms with van der Waals surface area (Å²) in [7, 11) is 1.64. The first-order valence-electron chi connectivity index (χ1n) is 9.70. The van der Waals surface area contributed by atoms with Crippen LogP contribution in [0.25, 0.3) is 11.0 Å². The van der Waals surface area contributed by atoms with E-state index in [1.54, 1.807) is 7.11 Å². The first kappa shape index (κ1) is 18.5. The number of para-hydroxylation sites is 2. The van der Waals surface area contributed by atoms with Gasteiger partial charge in [-0.15, -0.1) is 0 Å². The van der Waals surface area contributed by atoms with Gasteiger partial charge in [-0.05, 0) is 43.2 Å². The SMILES string of the molecule is COCCOc1cccc(C(=O)N2CCCC(c3nc4ccccc4[nH]3)C2)c1. The van der Waals surface area contributed by atoms with Crippen LogP contribution in [-0.2, 0) is 4.74 Å². The highest BCUT2D eigenvalue weighted by Crippen LogP contribution is 2.28. The van der Waals surface area contributed by atoms with Crippen LogP contribution in [0.1, 0.15) is 34.9 Å². The van der Waals surface area contributed by atoms with Crippen molar-refractivity contribution in [1.29, 1.82) is 0 Å². The number of benzene rings is 2. The maximum absolute atomic E-state index is 13.0. The van der Waals surface area contributed by atoms with Crippen molar-refractivity contribution < 1.29 is 14.3 Å². The van der Waals surface area contributed by atoms with E-state index in [4.69, 9.17) is 14.5 Å². The van der Waals surface area contributed by atoms with E-state index in [0.29, 0.717) is 31.1 Å². The van der Waals surface area contributed by atoms with Crippen molar-refractivity contribution in [3.8, 4) is 5.75 Å². The van der Waals surface area contributed by atoms with Gasteiger partial charge in [-0.1, -0.05) is 18.2 Å². The number of rotatable bonds is 6. The highest BCUT2D eigenvalue weighted by molar-refractivity contribution is 5.94. The van der Waals surface area contributed by atoms with Crippen molar-refractivity contribution in [2.45, 2.75) is 18.8 Å². The number of piperidine rings is 1. The minimum Gasteiger partial charge on any atom is -0.491 e. The third-order valence-corrected chi connectivity index (χ3v) is 5.14. The first-order valence-corrected chi connectivity index (χ1v) is 9.70. The number of imidazole rings is 1. The zero-order valence-corrected chi connectivity index (χ0v) is 16.1. The van der Waals surface area contributed by atoms with Crippen molar-refractivity contribution in [3.63, 3.8) is 0 Å². The number of nitrogens with one attached hydrogen (secondary N) is 1. The predicted octanol–water partition coefficient (Wildman–Crippen LogP) is 3.61. The van der Waals surface area contributed by atoms with Crippen LogP contribution in [0.5, 0.6) is 5.75 Å². The number of likely N-dealkylation sites (tertiary alicyclic amines) is 1. The lowest BCUT2D eigenvalue weighted by atomic mass is 9.96. The van der Waals surface area contributed by atoms with Gasteiger partial charge in [0.1, 0.15) is 18.2 Å². The van der Waals surface area contributed by atoms with E-state index in [-0.39, 0.29) is 11.8 Å². The summed E-state index contributed by atoms with van der Waals surface area (Å²) in [4.78, 5) is 23.1. The number of hydrogen-bond acceptors (Lipinski definition) is 4. The van der Waals surface area contributed by atoms with Crippen molar-refractivity contribution in [3.05, 3.63) is 59.9 Å². The van der Waals surface area contributed by atoms with Crippen LogP contribution in [0.3, 0.4) is 0 Å². The molecule has 1 aliphatic rings. The number of carbonyl (C=O) groups excluding carboxylic acids is 1. The fraction of sp³-hybridized carbons (Fsp3) is 0.364. The Morgan fingerprint density at radius 2 is 2.11 bits per heavy atom. The van der Waals surface area contributed by atoms with Gasteiger partial charge in [-0.2, -0.15) is 0 Å². The quantitative estimate of drug-likeness (QED) is 0.665. The fourth-order valence-corrected chi connectivity index (χ4v) is 3.70. The molecule has 1 fully saturated rings. The molecule has 4 rings (SSSR count). The Bertz CT molecular complexity index is 920. The van der Waals surface area contributed by atoms with E-state index >= 15 is 0 Å². The third kappa shape index (κ3) is 4.02. The Hall–Kier alpha value is -2.86. The van der Waals surface area contributed by atoms with Gasteiger partial charge in [0.25, 0.3) is 5.91 Å². The van der Waals surface area contributed by atoms with Gasteiger partial charge in [0.2, 0.25) is 0 Å². The molecule has 146 valence electrons. The van der Waals surface area contributed by atoms with Crippen LogP contribution >= 0.6 is 0 Å². The molecule has 1 amide bonds. The van der Waals surface area contributed by atoms with E-state index in [9.17, 15) is 4.79 Å². The Morgan fingerprint density at radius 3 is 2.96 bits per heavy atom. The molecule has 0 aliphatic carbocycles. The van der Waals surface area contributed by atoms with Crippen molar-refractivity contribution in [2.75, 3.05) is 33.4 Å². The number of aromatic nitrogens is 2. The van der Waals surface area contributed by atoms with Crippen LogP contribution in [0.15, 0.2) is 48.5 Å². The molecule has 0 bridgehead atoms. The van der Waals surface area contributed by atoms with Crippen LogP contribution in [0, 0.1) is 0 Å². The van der Waals surface area contributed by atoms with Gasteiger partial charge in [0.05, 0.1) is 17.6 Å². The molecule has 1 aliphatic heterocycles. The van der Waals surface area contributed by atoms with Gasteiger partial charge in [-0.25, -0.2) is 4.98 Å². The summed E-state index contributed by atoms with van der Waals surface area (Å²) in [5.41, 5.74) is 2.67. The molecule has 1 unspecified atom stereocenters. The molecule has 2 aromatic carbocycles. The molecule has 6 heteroatoms. The number of carbonyl (C=O) groups is 1. The molecule has 3 aromatic rings. The Balaban J connectivity index is 1.46. The molecule has 0 radical (unpaired) electrons. The number of methoxy groups -OCH3 is 1. The smallest absolute Gasteiger partial charge is 0.254 e. The standard InChI is InChI=1S/C22H25N3O3/c1-27-12-13-28-18-8-4-6-16(14-18)22(26)25-11-5-7-17(15-25)21-23-19-9-2-3-10-20(19)24-21/h2-4,6,8-10,14,17H,5,7,11-13,15H2,1H3,(H,23,24). The summed E-state index contributed by atoms with van der Waals surface area (Å²) in [5, 5.41) is 0. The number of H-pyrrole nitrogens is 1. The summed E-state index contributed by atoms with van der Waals surface area (Å²) in [5.74, 6) is 1.92. The molecule has 0 spiro atoms. The predicted molar refractivity (Wildman–Crippen MR) is 108 cm³/mol. The highest BCUT2D eigenvalue weighted by atomic mass is 16.5. The normalized spacial score (nSPS) is 17.0. The van der Waals surface area contributed by atoms with Gasteiger partial charge in [0.15, 0.2) is 0 Å². The number of hydrogen-bond donors (Lipinski definition) is 1.